The average Bonchev–Trinajstić information content (AvgIpc) is 2.31. The molecule has 0 heterocycles. The molecule has 1 amide bonds. The van der Waals surface area contributed by atoms with Crippen molar-refractivity contribution in [3.05, 3.63) is 0 Å². The van der Waals surface area contributed by atoms with E-state index in [9.17, 15) is 14.4 Å². The largest absolute Gasteiger partial charge is 0.444 e. The second-order valence-corrected chi connectivity index (χ2v) is 6.85. The molecule has 0 radical (unpaired) electrons. The van der Waals surface area contributed by atoms with E-state index in [1.54, 1.807) is 41.5 Å². The van der Waals surface area contributed by atoms with Gasteiger partial charge in [0.15, 0.2) is 0 Å². The standard InChI is InChI=1S/C15H27NO6/c1-14(2,3)12(18)21-10-20-11(17)8-7-9-16-13(19)22-15(4,5)6/h7-10H2,1-6H3,(H,16,19). The monoisotopic (exact) mass is 317 g/mol. The Hall–Kier alpha value is -1.79. The SMILES string of the molecule is CC(C)(C)OC(=O)NCCCC(=O)OCOC(=O)C(C)(C)C. The molecule has 0 fully saturated rings. The molecule has 0 aliphatic heterocycles. The van der Waals surface area contributed by atoms with E-state index in [4.69, 9.17) is 14.2 Å². The fourth-order valence-electron chi connectivity index (χ4n) is 1.17. The molecule has 0 spiro atoms. The molecule has 0 aromatic heterocycles. The Labute approximate surface area is 131 Å². The van der Waals surface area contributed by atoms with Crippen LogP contribution in [0.15, 0.2) is 0 Å². The maximum Gasteiger partial charge on any atom is 0.407 e. The molecule has 0 saturated carbocycles. The minimum absolute atomic E-state index is 0.114. The molecular formula is C15H27NO6. The molecular weight excluding hydrogens is 290 g/mol. The fourth-order valence-corrected chi connectivity index (χ4v) is 1.17. The number of hydrogen-bond donors (Lipinski definition) is 1. The van der Waals surface area contributed by atoms with Crippen LogP contribution in [-0.2, 0) is 23.8 Å². The quantitative estimate of drug-likeness (QED) is 0.459. The van der Waals surface area contributed by atoms with Crippen LogP contribution >= 0.6 is 0 Å². The third kappa shape index (κ3) is 10.9. The Morgan fingerprint density at radius 1 is 0.955 bits per heavy atom. The Morgan fingerprint density at radius 3 is 2.05 bits per heavy atom. The lowest BCUT2D eigenvalue weighted by Crippen LogP contribution is -2.33. The summed E-state index contributed by atoms with van der Waals surface area (Å²) in [4.78, 5) is 34.1. The van der Waals surface area contributed by atoms with Gasteiger partial charge in [-0.15, -0.1) is 0 Å². The van der Waals surface area contributed by atoms with Crippen LogP contribution in [0.3, 0.4) is 0 Å². The van der Waals surface area contributed by atoms with Gasteiger partial charge in [0, 0.05) is 13.0 Å². The zero-order valence-electron chi connectivity index (χ0n) is 14.3. The fraction of sp³-hybridized carbons (Fsp3) is 0.800. The van der Waals surface area contributed by atoms with Crippen LogP contribution in [-0.4, -0.2) is 37.0 Å². The van der Waals surface area contributed by atoms with E-state index < -0.39 is 35.8 Å². The highest BCUT2D eigenvalue weighted by atomic mass is 16.7. The van der Waals surface area contributed by atoms with Gasteiger partial charge >= 0.3 is 18.0 Å². The highest BCUT2D eigenvalue weighted by Crippen LogP contribution is 2.14. The molecule has 0 aromatic carbocycles. The van der Waals surface area contributed by atoms with Crippen molar-refractivity contribution < 1.29 is 28.6 Å². The molecule has 0 unspecified atom stereocenters. The summed E-state index contributed by atoms with van der Waals surface area (Å²) in [6.07, 6.45) is -0.00582. The first-order valence-corrected chi connectivity index (χ1v) is 7.21. The number of hydrogen-bond acceptors (Lipinski definition) is 6. The molecule has 22 heavy (non-hydrogen) atoms. The number of alkyl carbamates (subject to hydrolysis) is 1. The molecule has 0 bridgehead atoms. The van der Waals surface area contributed by atoms with Crippen molar-refractivity contribution in [2.45, 2.75) is 60.0 Å². The maximum absolute atomic E-state index is 11.4. The van der Waals surface area contributed by atoms with E-state index in [-0.39, 0.29) is 6.42 Å². The Bertz CT molecular complexity index is 392. The van der Waals surface area contributed by atoms with Crippen molar-refractivity contribution in [2.24, 2.45) is 5.41 Å². The number of amides is 1. The van der Waals surface area contributed by atoms with Gasteiger partial charge in [0.1, 0.15) is 5.60 Å². The van der Waals surface area contributed by atoms with Gasteiger partial charge in [0.2, 0.25) is 6.79 Å². The van der Waals surface area contributed by atoms with Crippen LogP contribution in [0, 0.1) is 5.41 Å². The first-order valence-electron chi connectivity index (χ1n) is 7.21. The van der Waals surface area contributed by atoms with Crippen LogP contribution < -0.4 is 5.32 Å². The van der Waals surface area contributed by atoms with E-state index in [0.717, 1.165) is 0 Å². The van der Waals surface area contributed by atoms with Crippen LogP contribution in [0.25, 0.3) is 0 Å². The van der Waals surface area contributed by atoms with Crippen molar-refractivity contribution in [3.63, 3.8) is 0 Å². The summed E-state index contributed by atoms with van der Waals surface area (Å²) in [6, 6.07) is 0. The van der Waals surface area contributed by atoms with Crippen molar-refractivity contribution >= 4 is 18.0 Å². The third-order valence-electron chi connectivity index (χ3n) is 2.25. The van der Waals surface area contributed by atoms with E-state index in [1.807, 2.05) is 0 Å². The number of carbonyl (C=O) groups is 3. The predicted molar refractivity (Wildman–Crippen MR) is 80.0 cm³/mol. The Balaban J connectivity index is 3.71. The van der Waals surface area contributed by atoms with Crippen molar-refractivity contribution in [1.29, 1.82) is 0 Å². The molecule has 0 aliphatic rings. The van der Waals surface area contributed by atoms with Gasteiger partial charge in [-0.05, 0) is 48.0 Å². The summed E-state index contributed by atoms with van der Waals surface area (Å²) in [5.41, 5.74) is -1.19. The molecule has 0 aromatic rings. The summed E-state index contributed by atoms with van der Waals surface area (Å²) in [6.45, 7) is 10.3. The van der Waals surface area contributed by atoms with Crippen molar-refractivity contribution in [3.8, 4) is 0 Å². The van der Waals surface area contributed by atoms with E-state index >= 15 is 0 Å². The van der Waals surface area contributed by atoms with Gasteiger partial charge in [-0.3, -0.25) is 9.59 Å². The molecule has 0 saturated heterocycles. The van der Waals surface area contributed by atoms with Crippen LogP contribution in [0.1, 0.15) is 54.4 Å². The summed E-state index contributed by atoms with van der Waals surface area (Å²) < 4.78 is 14.6. The lowest BCUT2D eigenvalue weighted by molar-refractivity contribution is -0.173. The highest BCUT2D eigenvalue weighted by Gasteiger charge is 2.23. The zero-order valence-corrected chi connectivity index (χ0v) is 14.3. The van der Waals surface area contributed by atoms with E-state index in [1.165, 1.54) is 0 Å². The first kappa shape index (κ1) is 20.2. The van der Waals surface area contributed by atoms with Crippen LogP contribution in [0.5, 0.6) is 0 Å². The summed E-state index contributed by atoms with van der Waals surface area (Å²) in [5, 5.41) is 2.53. The van der Waals surface area contributed by atoms with Crippen LogP contribution in [0.4, 0.5) is 4.79 Å². The first-order chi connectivity index (χ1) is 9.92. The minimum Gasteiger partial charge on any atom is -0.444 e. The number of esters is 2. The maximum atomic E-state index is 11.4. The van der Waals surface area contributed by atoms with E-state index in [2.05, 4.69) is 5.32 Å². The average molecular weight is 317 g/mol. The van der Waals surface area contributed by atoms with Crippen molar-refractivity contribution in [1.82, 2.24) is 5.32 Å². The third-order valence-corrected chi connectivity index (χ3v) is 2.25. The Kier molecular flexibility index (Phi) is 7.90. The molecule has 0 atom stereocenters. The number of ether oxygens (including phenoxy) is 3. The zero-order chi connectivity index (χ0) is 17.4. The number of rotatable bonds is 6. The van der Waals surface area contributed by atoms with Crippen LogP contribution in [0.2, 0.25) is 0 Å². The van der Waals surface area contributed by atoms with Gasteiger partial charge in [-0.25, -0.2) is 4.79 Å². The molecule has 128 valence electrons. The molecule has 1 N–H and O–H groups in total. The van der Waals surface area contributed by atoms with Gasteiger partial charge in [-0.1, -0.05) is 0 Å². The summed E-state index contributed by atoms with van der Waals surface area (Å²) in [5.74, 6) is -0.931. The normalized spacial score (nSPS) is 11.5. The van der Waals surface area contributed by atoms with Gasteiger partial charge in [0.25, 0.3) is 0 Å². The predicted octanol–water partition coefficient (Wildman–Crippen LogP) is 2.38. The Morgan fingerprint density at radius 2 is 1.55 bits per heavy atom. The van der Waals surface area contributed by atoms with E-state index in [0.29, 0.717) is 13.0 Å². The number of carbonyl (C=O) groups excluding carboxylic acids is 3. The lowest BCUT2D eigenvalue weighted by Gasteiger charge is -2.19. The molecule has 0 aliphatic carbocycles. The van der Waals surface area contributed by atoms with Gasteiger partial charge in [-0.2, -0.15) is 0 Å². The topological polar surface area (TPSA) is 90.9 Å². The minimum atomic E-state index is -0.635. The molecule has 7 heteroatoms. The van der Waals surface area contributed by atoms with Crippen molar-refractivity contribution in [2.75, 3.05) is 13.3 Å². The highest BCUT2D eigenvalue weighted by molar-refractivity contribution is 5.75. The lowest BCUT2D eigenvalue weighted by atomic mass is 9.98. The summed E-state index contributed by atoms with van der Waals surface area (Å²) >= 11 is 0. The molecule has 7 nitrogen and oxygen atoms in total. The van der Waals surface area contributed by atoms with Gasteiger partial charge < -0.3 is 19.5 Å². The second-order valence-electron chi connectivity index (χ2n) is 6.85. The smallest absolute Gasteiger partial charge is 0.407 e. The van der Waals surface area contributed by atoms with Gasteiger partial charge in [0.05, 0.1) is 5.41 Å². The number of nitrogens with one attached hydrogen (secondary N) is 1. The summed E-state index contributed by atoms with van der Waals surface area (Å²) in [7, 11) is 0. The second kappa shape index (κ2) is 8.60. The molecule has 0 rings (SSSR count).